The second-order valence-corrected chi connectivity index (χ2v) is 9.10. The molecule has 0 bridgehead atoms. The van der Waals surface area contributed by atoms with E-state index >= 15 is 0 Å². The van der Waals surface area contributed by atoms with Gasteiger partial charge in [0, 0.05) is 52.0 Å². The minimum atomic E-state index is -0.798. The van der Waals surface area contributed by atoms with E-state index in [2.05, 4.69) is 9.80 Å². The van der Waals surface area contributed by atoms with E-state index in [1.54, 1.807) is 11.9 Å². The molecule has 2 aromatic carbocycles. The predicted octanol–water partition coefficient (Wildman–Crippen LogP) is 2.90. The van der Waals surface area contributed by atoms with E-state index in [0.717, 1.165) is 56.8 Å². The largest absolute Gasteiger partial charge is 0.390 e. The van der Waals surface area contributed by atoms with E-state index < -0.39 is 12.2 Å². The number of carbonyl (C=O) groups is 1. The second-order valence-electron chi connectivity index (χ2n) is 9.10. The van der Waals surface area contributed by atoms with Gasteiger partial charge in [0.05, 0.1) is 12.2 Å². The molecule has 0 saturated carbocycles. The lowest BCUT2D eigenvalue weighted by Gasteiger charge is -2.38. The molecule has 2 aliphatic heterocycles. The van der Waals surface area contributed by atoms with Crippen LogP contribution in [0.5, 0.6) is 0 Å². The molecule has 2 saturated heterocycles. The molecule has 2 aromatic rings. The molecule has 0 spiro atoms. The number of likely N-dealkylation sites (N-methyl/N-ethyl adjacent to an activating group) is 1. The SMILES string of the molecule is CN(Cc1ccccc1)C(=O)C1OC(CCN2CCN(c3ccc(F)cc3)CC2)CCC1O. The molecular weight excluding hydrogens is 421 g/mol. The van der Waals surface area contributed by atoms with Crippen LogP contribution in [0.4, 0.5) is 10.1 Å². The third-order valence-electron chi connectivity index (χ3n) is 6.69. The summed E-state index contributed by atoms with van der Waals surface area (Å²) in [5.74, 6) is -0.373. The maximum Gasteiger partial charge on any atom is 0.254 e. The van der Waals surface area contributed by atoms with E-state index in [0.29, 0.717) is 13.0 Å². The van der Waals surface area contributed by atoms with Crippen molar-refractivity contribution in [2.75, 3.05) is 44.7 Å². The van der Waals surface area contributed by atoms with Crippen molar-refractivity contribution in [3.05, 3.63) is 66.0 Å². The van der Waals surface area contributed by atoms with Crippen LogP contribution in [0, 0.1) is 5.82 Å². The molecule has 1 amide bonds. The molecule has 0 aromatic heterocycles. The maximum atomic E-state index is 13.2. The Morgan fingerprint density at radius 3 is 2.45 bits per heavy atom. The molecule has 3 atom stereocenters. The Hall–Kier alpha value is -2.48. The van der Waals surface area contributed by atoms with Crippen LogP contribution in [0.2, 0.25) is 0 Å². The summed E-state index contributed by atoms with van der Waals surface area (Å²) in [7, 11) is 1.76. The molecule has 4 rings (SSSR count). The zero-order chi connectivity index (χ0) is 23.2. The van der Waals surface area contributed by atoms with Gasteiger partial charge in [0.1, 0.15) is 5.82 Å². The minimum absolute atomic E-state index is 0.0254. The molecule has 3 unspecified atom stereocenters. The van der Waals surface area contributed by atoms with Gasteiger partial charge in [-0.1, -0.05) is 30.3 Å². The van der Waals surface area contributed by atoms with Crippen LogP contribution in [-0.4, -0.2) is 78.9 Å². The first-order valence-electron chi connectivity index (χ1n) is 11.8. The Labute approximate surface area is 195 Å². The molecule has 178 valence electrons. The highest BCUT2D eigenvalue weighted by molar-refractivity contribution is 5.81. The molecule has 0 radical (unpaired) electrons. The number of ether oxygens (including phenoxy) is 1. The molecule has 1 N–H and O–H groups in total. The Bertz CT molecular complexity index is 887. The fourth-order valence-electron chi connectivity index (χ4n) is 4.67. The van der Waals surface area contributed by atoms with Crippen LogP contribution in [0.25, 0.3) is 0 Å². The van der Waals surface area contributed by atoms with Gasteiger partial charge in [-0.05, 0) is 49.1 Å². The number of piperazine rings is 1. The first-order valence-corrected chi connectivity index (χ1v) is 11.8. The van der Waals surface area contributed by atoms with E-state index in [9.17, 15) is 14.3 Å². The molecule has 2 aliphatic rings. The molecular formula is C26H34FN3O3. The number of aliphatic hydroxyl groups is 1. The first-order chi connectivity index (χ1) is 16.0. The average Bonchev–Trinajstić information content (AvgIpc) is 2.84. The van der Waals surface area contributed by atoms with Crippen LogP contribution in [0.1, 0.15) is 24.8 Å². The summed E-state index contributed by atoms with van der Waals surface area (Å²) < 4.78 is 19.3. The fraction of sp³-hybridized carbons (Fsp3) is 0.500. The van der Waals surface area contributed by atoms with Crippen LogP contribution >= 0.6 is 0 Å². The van der Waals surface area contributed by atoms with Crippen molar-refractivity contribution in [1.82, 2.24) is 9.80 Å². The zero-order valence-corrected chi connectivity index (χ0v) is 19.3. The number of aliphatic hydroxyl groups excluding tert-OH is 1. The summed E-state index contributed by atoms with van der Waals surface area (Å²) in [5, 5.41) is 10.4. The lowest BCUT2D eigenvalue weighted by atomic mass is 9.98. The number of hydrogen-bond acceptors (Lipinski definition) is 5. The molecule has 33 heavy (non-hydrogen) atoms. The standard InChI is InChI=1S/C26H34FN3O3/c1-28(19-20-5-3-2-4-6-20)26(32)25-24(31)12-11-23(33-25)13-14-29-15-17-30(18-16-29)22-9-7-21(27)8-10-22/h2-10,23-25,31H,11-19H2,1H3. The van der Waals surface area contributed by atoms with Crippen molar-refractivity contribution in [3.63, 3.8) is 0 Å². The lowest BCUT2D eigenvalue weighted by Crippen LogP contribution is -2.50. The number of carbonyl (C=O) groups excluding carboxylic acids is 1. The number of nitrogens with zero attached hydrogens (tertiary/aromatic N) is 3. The van der Waals surface area contributed by atoms with Crippen molar-refractivity contribution < 1.29 is 19.0 Å². The van der Waals surface area contributed by atoms with Gasteiger partial charge in [-0.2, -0.15) is 0 Å². The number of anilines is 1. The Morgan fingerprint density at radius 2 is 1.76 bits per heavy atom. The number of rotatable bonds is 7. The highest BCUT2D eigenvalue weighted by Crippen LogP contribution is 2.24. The average molecular weight is 456 g/mol. The van der Waals surface area contributed by atoms with Crippen LogP contribution in [0.15, 0.2) is 54.6 Å². The summed E-state index contributed by atoms with van der Waals surface area (Å²) in [6.45, 7) is 5.08. The minimum Gasteiger partial charge on any atom is -0.390 e. The van der Waals surface area contributed by atoms with E-state index in [-0.39, 0.29) is 17.8 Å². The van der Waals surface area contributed by atoms with Crippen LogP contribution in [0.3, 0.4) is 0 Å². The molecule has 2 heterocycles. The van der Waals surface area contributed by atoms with Crippen molar-refractivity contribution in [3.8, 4) is 0 Å². The number of halogens is 1. The Kier molecular flexibility index (Phi) is 7.96. The Balaban J connectivity index is 1.23. The third kappa shape index (κ3) is 6.31. The van der Waals surface area contributed by atoms with Crippen LogP contribution in [-0.2, 0) is 16.1 Å². The van der Waals surface area contributed by atoms with Gasteiger partial charge in [-0.3, -0.25) is 9.69 Å². The van der Waals surface area contributed by atoms with Gasteiger partial charge in [0.25, 0.3) is 5.91 Å². The number of amides is 1. The van der Waals surface area contributed by atoms with Crippen molar-refractivity contribution in [1.29, 1.82) is 0 Å². The normalized spacial score (nSPS) is 24.0. The van der Waals surface area contributed by atoms with Gasteiger partial charge in [0.2, 0.25) is 0 Å². The van der Waals surface area contributed by atoms with Gasteiger partial charge in [-0.25, -0.2) is 4.39 Å². The predicted molar refractivity (Wildman–Crippen MR) is 126 cm³/mol. The summed E-state index contributed by atoms with van der Waals surface area (Å²) in [4.78, 5) is 19.3. The smallest absolute Gasteiger partial charge is 0.254 e. The van der Waals surface area contributed by atoms with E-state index in [1.165, 1.54) is 12.1 Å². The van der Waals surface area contributed by atoms with Gasteiger partial charge < -0.3 is 19.6 Å². The molecule has 2 fully saturated rings. The van der Waals surface area contributed by atoms with Crippen molar-refractivity contribution >= 4 is 11.6 Å². The van der Waals surface area contributed by atoms with Crippen molar-refractivity contribution in [2.45, 2.75) is 44.1 Å². The summed E-state index contributed by atoms with van der Waals surface area (Å²) in [5.41, 5.74) is 2.11. The topological polar surface area (TPSA) is 56.2 Å². The van der Waals surface area contributed by atoms with Crippen LogP contribution < -0.4 is 4.90 Å². The number of benzene rings is 2. The first kappa shape index (κ1) is 23.7. The van der Waals surface area contributed by atoms with Gasteiger partial charge >= 0.3 is 0 Å². The zero-order valence-electron chi connectivity index (χ0n) is 19.3. The number of hydrogen-bond donors (Lipinski definition) is 1. The Morgan fingerprint density at radius 1 is 1.06 bits per heavy atom. The van der Waals surface area contributed by atoms with Crippen molar-refractivity contribution in [2.24, 2.45) is 0 Å². The lowest BCUT2D eigenvalue weighted by molar-refractivity contribution is -0.167. The van der Waals surface area contributed by atoms with Gasteiger partial charge in [0.15, 0.2) is 6.10 Å². The highest BCUT2D eigenvalue weighted by atomic mass is 19.1. The maximum absolute atomic E-state index is 13.2. The van der Waals surface area contributed by atoms with Gasteiger partial charge in [-0.15, -0.1) is 0 Å². The highest BCUT2D eigenvalue weighted by Gasteiger charge is 2.36. The quantitative estimate of drug-likeness (QED) is 0.696. The summed E-state index contributed by atoms with van der Waals surface area (Å²) >= 11 is 0. The van der Waals surface area contributed by atoms with E-state index in [1.807, 2.05) is 42.5 Å². The third-order valence-corrected chi connectivity index (χ3v) is 6.69. The molecule has 7 heteroatoms. The second kappa shape index (κ2) is 11.1. The molecule has 6 nitrogen and oxygen atoms in total. The summed E-state index contributed by atoms with van der Waals surface area (Å²) in [6, 6.07) is 16.5. The molecule has 0 aliphatic carbocycles. The monoisotopic (exact) mass is 455 g/mol. The fourth-order valence-corrected chi connectivity index (χ4v) is 4.67. The van der Waals surface area contributed by atoms with E-state index in [4.69, 9.17) is 4.74 Å². The summed E-state index contributed by atoms with van der Waals surface area (Å²) in [6.07, 6.45) is 0.610.